The van der Waals surface area contributed by atoms with E-state index in [1.54, 1.807) is 4.90 Å². The van der Waals surface area contributed by atoms with E-state index in [9.17, 15) is 9.90 Å². The molecule has 2 heterocycles. The van der Waals surface area contributed by atoms with Crippen LogP contribution in [0.5, 0.6) is 5.75 Å². The number of aliphatic imine (C=N–C) groups is 2. The number of carbonyl (C=O) groups is 1. The fourth-order valence-electron chi connectivity index (χ4n) is 4.16. The van der Waals surface area contributed by atoms with E-state index in [0.717, 1.165) is 41.3 Å². The molecule has 1 aliphatic rings. The number of fused-ring (bicyclic) bond motifs is 3. The predicted octanol–water partition coefficient (Wildman–Crippen LogP) is 3.07. The zero-order chi connectivity index (χ0) is 23.2. The molecule has 2 unspecified atom stereocenters. The lowest BCUT2D eigenvalue weighted by atomic mass is 9.93. The van der Waals surface area contributed by atoms with Gasteiger partial charge in [0, 0.05) is 34.6 Å². The van der Waals surface area contributed by atoms with E-state index in [-0.39, 0.29) is 12.6 Å². The Morgan fingerprint density at radius 3 is 2.88 bits per heavy atom. The van der Waals surface area contributed by atoms with Crippen LogP contribution < -0.4 is 10.5 Å². The summed E-state index contributed by atoms with van der Waals surface area (Å²) in [5, 5.41) is 11.7. The first kappa shape index (κ1) is 22.8. The van der Waals surface area contributed by atoms with Crippen molar-refractivity contribution in [3.05, 3.63) is 64.3 Å². The molecule has 8 nitrogen and oxygen atoms in total. The standard InChI is InChI=1S/C24H26ClN5O3/c25-17-3-6-22-21(11-17)20-7-9-30(15-31)24(23(20)29-22)16-1-4-19(5-2-16)33-10-8-18(32)12-27-14-28-13-26/h1-6,11,13-15,18,24,29,32H,7-10,12H2,(H2,26,27,28). The van der Waals surface area contributed by atoms with Gasteiger partial charge in [-0.05, 0) is 47.9 Å². The molecule has 0 saturated heterocycles. The number of nitrogens with zero attached hydrogens (tertiary/aromatic N) is 3. The number of benzene rings is 2. The molecule has 0 aliphatic carbocycles. The smallest absolute Gasteiger partial charge is 0.210 e. The van der Waals surface area contributed by atoms with Gasteiger partial charge in [-0.25, -0.2) is 4.99 Å². The molecule has 2 atom stereocenters. The molecule has 0 saturated carbocycles. The lowest BCUT2D eigenvalue weighted by Gasteiger charge is -2.33. The van der Waals surface area contributed by atoms with E-state index in [2.05, 4.69) is 15.0 Å². The highest BCUT2D eigenvalue weighted by Gasteiger charge is 2.31. The second-order valence-electron chi connectivity index (χ2n) is 7.84. The molecule has 33 heavy (non-hydrogen) atoms. The third kappa shape index (κ3) is 5.18. The van der Waals surface area contributed by atoms with E-state index in [4.69, 9.17) is 22.1 Å². The van der Waals surface area contributed by atoms with Gasteiger partial charge >= 0.3 is 0 Å². The second kappa shape index (κ2) is 10.5. The highest BCUT2D eigenvalue weighted by atomic mass is 35.5. The van der Waals surface area contributed by atoms with Crippen molar-refractivity contribution in [2.75, 3.05) is 19.7 Å². The van der Waals surface area contributed by atoms with Crippen LogP contribution in [-0.4, -0.2) is 59.9 Å². The highest BCUT2D eigenvalue weighted by molar-refractivity contribution is 6.31. The summed E-state index contributed by atoms with van der Waals surface area (Å²) in [6, 6.07) is 13.3. The molecule has 2 aromatic carbocycles. The Labute approximate surface area is 196 Å². The number of hydrogen-bond donors (Lipinski definition) is 3. The van der Waals surface area contributed by atoms with Crippen molar-refractivity contribution >= 4 is 41.6 Å². The van der Waals surface area contributed by atoms with E-state index >= 15 is 0 Å². The Kier molecular flexibility index (Phi) is 7.26. The van der Waals surface area contributed by atoms with Crippen molar-refractivity contribution in [2.45, 2.75) is 25.0 Å². The number of aromatic amines is 1. The van der Waals surface area contributed by atoms with Gasteiger partial charge in [-0.2, -0.15) is 0 Å². The minimum absolute atomic E-state index is 0.206. The van der Waals surface area contributed by atoms with Gasteiger partial charge in [-0.15, -0.1) is 0 Å². The van der Waals surface area contributed by atoms with Crippen molar-refractivity contribution in [3.8, 4) is 5.75 Å². The van der Waals surface area contributed by atoms with Crippen LogP contribution in [0.2, 0.25) is 5.02 Å². The van der Waals surface area contributed by atoms with Crippen LogP contribution in [0.3, 0.4) is 0 Å². The molecule has 0 bridgehead atoms. The van der Waals surface area contributed by atoms with Crippen molar-refractivity contribution < 1.29 is 14.6 Å². The average Bonchev–Trinajstić information content (AvgIpc) is 3.19. The number of aliphatic hydroxyl groups is 1. The van der Waals surface area contributed by atoms with Crippen molar-refractivity contribution in [1.82, 2.24) is 9.88 Å². The Hall–Kier alpha value is -3.36. The number of nitrogens with two attached hydrogens (primary N) is 1. The average molecular weight is 468 g/mol. The van der Waals surface area contributed by atoms with Gasteiger partial charge in [0.25, 0.3) is 0 Å². The zero-order valence-electron chi connectivity index (χ0n) is 18.0. The van der Waals surface area contributed by atoms with Gasteiger partial charge in [0.15, 0.2) is 0 Å². The number of rotatable bonds is 9. The molecule has 9 heteroatoms. The van der Waals surface area contributed by atoms with Crippen LogP contribution in [0.15, 0.2) is 52.4 Å². The summed E-state index contributed by atoms with van der Waals surface area (Å²) >= 11 is 6.22. The number of aliphatic hydroxyl groups excluding tert-OH is 1. The van der Waals surface area contributed by atoms with Gasteiger partial charge < -0.3 is 25.5 Å². The molecule has 0 radical (unpaired) electrons. The maximum Gasteiger partial charge on any atom is 0.210 e. The molecular weight excluding hydrogens is 442 g/mol. The summed E-state index contributed by atoms with van der Waals surface area (Å²) in [5.74, 6) is 0.694. The minimum Gasteiger partial charge on any atom is -0.493 e. The fraction of sp³-hybridized carbons (Fsp3) is 0.292. The van der Waals surface area contributed by atoms with Crippen LogP contribution in [0.25, 0.3) is 10.9 Å². The van der Waals surface area contributed by atoms with Gasteiger partial charge in [0.2, 0.25) is 6.41 Å². The summed E-state index contributed by atoms with van der Waals surface area (Å²) in [6.45, 7) is 1.23. The Bertz CT molecular complexity index is 1160. The van der Waals surface area contributed by atoms with E-state index in [0.29, 0.717) is 30.3 Å². The normalized spacial score (nSPS) is 17.0. The molecule has 1 aliphatic heterocycles. The number of nitrogens with one attached hydrogen (secondary N) is 1. The van der Waals surface area contributed by atoms with Gasteiger partial charge in [-0.1, -0.05) is 23.7 Å². The summed E-state index contributed by atoms with van der Waals surface area (Å²) in [7, 11) is 0. The van der Waals surface area contributed by atoms with E-state index in [1.807, 2.05) is 42.5 Å². The summed E-state index contributed by atoms with van der Waals surface area (Å²) < 4.78 is 5.76. The van der Waals surface area contributed by atoms with Crippen LogP contribution in [0, 0.1) is 0 Å². The maximum absolute atomic E-state index is 11.8. The molecule has 0 fully saturated rings. The van der Waals surface area contributed by atoms with E-state index in [1.165, 1.54) is 11.9 Å². The lowest BCUT2D eigenvalue weighted by Crippen LogP contribution is -2.34. The molecule has 172 valence electrons. The van der Waals surface area contributed by atoms with Crippen LogP contribution >= 0.6 is 11.6 Å². The lowest BCUT2D eigenvalue weighted by molar-refractivity contribution is -0.120. The first-order valence-electron chi connectivity index (χ1n) is 10.7. The molecule has 3 aromatic rings. The summed E-state index contributed by atoms with van der Waals surface area (Å²) in [5.41, 5.74) is 9.34. The predicted molar refractivity (Wildman–Crippen MR) is 130 cm³/mol. The molecule has 1 amide bonds. The quantitative estimate of drug-likeness (QED) is 0.255. The molecular formula is C24H26ClN5O3. The van der Waals surface area contributed by atoms with Crippen molar-refractivity contribution in [1.29, 1.82) is 0 Å². The topological polar surface area (TPSA) is 116 Å². The van der Waals surface area contributed by atoms with Crippen molar-refractivity contribution in [2.24, 2.45) is 15.7 Å². The fourth-order valence-corrected chi connectivity index (χ4v) is 4.33. The minimum atomic E-state index is -0.620. The first-order valence-corrected chi connectivity index (χ1v) is 11.1. The summed E-state index contributed by atoms with van der Waals surface area (Å²) in [6.07, 6.45) is 3.94. The van der Waals surface area contributed by atoms with Gasteiger partial charge in [0.1, 0.15) is 12.1 Å². The molecule has 4 N–H and O–H groups in total. The number of ether oxygens (including phenoxy) is 1. The third-order valence-electron chi connectivity index (χ3n) is 5.73. The SMILES string of the molecule is NC=NC=NCC(O)CCOc1ccc(C2c3[nH]c4ccc(Cl)cc4c3CCN2C=O)cc1. The van der Waals surface area contributed by atoms with Crippen molar-refractivity contribution in [3.63, 3.8) is 0 Å². The maximum atomic E-state index is 11.8. The van der Waals surface area contributed by atoms with Gasteiger partial charge in [-0.3, -0.25) is 9.79 Å². The molecule has 0 spiro atoms. The zero-order valence-corrected chi connectivity index (χ0v) is 18.8. The first-order chi connectivity index (χ1) is 16.1. The second-order valence-corrected chi connectivity index (χ2v) is 8.28. The number of carbonyl (C=O) groups excluding carboxylic acids is 1. The number of hydrogen-bond acceptors (Lipinski definition) is 4. The Balaban J connectivity index is 1.46. The monoisotopic (exact) mass is 467 g/mol. The number of halogens is 1. The number of aromatic nitrogens is 1. The van der Waals surface area contributed by atoms with E-state index < -0.39 is 6.10 Å². The van der Waals surface area contributed by atoms with Crippen LogP contribution in [0.1, 0.15) is 29.3 Å². The summed E-state index contributed by atoms with van der Waals surface area (Å²) in [4.78, 5) is 24.7. The highest BCUT2D eigenvalue weighted by Crippen LogP contribution is 2.38. The third-order valence-corrected chi connectivity index (χ3v) is 5.96. The molecule has 4 rings (SSSR count). The van der Waals surface area contributed by atoms with Crippen LogP contribution in [0.4, 0.5) is 0 Å². The van der Waals surface area contributed by atoms with Crippen LogP contribution in [-0.2, 0) is 11.2 Å². The largest absolute Gasteiger partial charge is 0.493 e. The molecule has 1 aromatic heterocycles. The number of amides is 1. The Morgan fingerprint density at radius 1 is 1.30 bits per heavy atom. The number of H-pyrrole nitrogens is 1. The van der Waals surface area contributed by atoms with Gasteiger partial charge in [0.05, 0.1) is 31.6 Å². The Morgan fingerprint density at radius 2 is 2.12 bits per heavy atom.